The molecule has 114 valence electrons. The fourth-order valence-corrected chi connectivity index (χ4v) is 4.07. The zero-order chi connectivity index (χ0) is 15.8. The van der Waals surface area contributed by atoms with Gasteiger partial charge in [0.1, 0.15) is 6.04 Å². The number of carbonyl (C=O) groups excluding carboxylic acids is 2. The summed E-state index contributed by atoms with van der Waals surface area (Å²) in [6, 6.07) is 4.70. The molecule has 1 N–H and O–H groups in total. The van der Waals surface area contributed by atoms with Crippen molar-refractivity contribution >= 4 is 27.2 Å². The van der Waals surface area contributed by atoms with Gasteiger partial charge >= 0.3 is 0 Å². The average Bonchev–Trinajstić information content (AvgIpc) is 2.52. The maximum atomic E-state index is 12.6. The minimum atomic E-state index is -3.60. The van der Waals surface area contributed by atoms with E-state index in [1.807, 2.05) is 0 Å². The number of benzene rings is 1. The number of amides is 1. The van der Waals surface area contributed by atoms with Crippen molar-refractivity contribution in [3.05, 3.63) is 24.3 Å². The van der Waals surface area contributed by atoms with E-state index in [2.05, 4.69) is 5.32 Å². The van der Waals surface area contributed by atoms with Crippen LogP contribution in [0.15, 0.2) is 29.2 Å². The summed E-state index contributed by atoms with van der Waals surface area (Å²) in [5.74, 6) is -0.929. The summed E-state index contributed by atoms with van der Waals surface area (Å²) in [4.78, 5) is 25.7. The van der Waals surface area contributed by atoms with Crippen LogP contribution in [0.1, 0.15) is 13.8 Å². The van der Waals surface area contributed by atoms with Crippen molar-refractivity contribution in [2.45, 2.75) is 30.8 Å². The third-order valence-electron chi connectivity index (χ3n) is 3.71. The van der Waals surface area contributed by atoms with Gasteiger partial charge in [-0.1, -0.05) is 12.1 Å². The lowest BCUT2D eigenvalue weighted by Gasteiger charge is -2.29. The molecular formula is C14H18N2O4S. The van der Waals surface area contributed by atoms with Crippen LogP contribution in [0.25, 0.3) is 0 Å². The minimum absolute atomic E-state index is 0.0872. The lowest BCUT2D eigenvalue weighted by Crippen LogP contribution is -2.51. The summed E-state index contributed by atoms with van der Waals surface area (Å²) in [6.45, 7) is 2.98. The van der Waals surface area contributed by atoms with Crippen molar-refractivity contribution in [1.29, 1.82) is 0 Å². The van der Waals surface area contributed by atoms with Crippen LogP contribution < -0.4 is 10.2 Å². The largest absolute Gasteiger partial charge is 0.308 e. The van der Waals surface area contributed by atoms with Crippen molar-refractivity contribution in [3.63, 3.8) is 0 Å². The van der Waals surface area contributed by atoms with E-state index in [-0.39, 0.29) is 22.1 Å². The Bertz CT molecular complexity index is 684. The first-order valence-electron chi connectivity index (χ1n) is 6.62. The maximum absolute atomic E-state index is 12.6. The molecule has 0 aromatic heterocycles. The second kappa shape index (κ2) is 5.57. The molecule has 2 rings (SSSR count). The number of sulfone groups is 1. The quantitative estimate of drug-likeness (QED) is 0.872. The Morgan fingerprint density at radius 2 is 2.00 bits per heavy atom. The number of hydrogen-bond donors (Lipinski definition) is 1. The molecule has 21 heavy (non-hydrogen) atoms. The van der Waals surface area contributed by atoms with Gasteiger partial charge in [0.15, 0.2) is 15.6 Å². The first-order chi connectivity index (χ1) is 9.79. The van der Waals surface area contributed by atoms with E-state index >= 15 is 0 Å². The molecule has 0 aliphatic carbocycles. The zero-order valence-corrected chi connectivity index (χ0v) is 13.0. The van der Waals surface area contributed by atoms with Crippen LogP contribution in [-0.2, 0) is 19.4 Å². The molecule has 2 atom stereocenters. The molecule has 0 saturated heterocycles. The molecule has 1 aromatic rings. The summed E-state index contributed by atoms with van der Waals surface area (Å²) in [5, 5.41) is 2.73. The standard InChI is InChI=1S/C14H18N2O4S/c1-9(10(2)17)16-12-6-4-5-7-13(12)21(19,20)8-11(15-3)14(16)18/h4-7,9,11,15H,8H2,1-3H3. The Labute approximate surface area is 124 Å². The monoisotopic (exact) mass is 310 g/mol. The predicted molar refractivity (Wildman–Crippen MR) is 79.0 cm³/mol. The Morgan fingerprint density at radius 1 is 1.38 bits per heavy atom. The van der Waals surface area contributed by atoms with E-state index in [1.165, 1.54) is 24.9 Å². The van der Waals surface area contributed by atoms with Gasteiger partial charge in [-0.3, -0.25) is 14.5 Å². The predicted octanol–water partition coefficient (Wildman–Crippen LogP) is 0.372. The number of rotatable bonds is 3. The number of likely N-dealkylation sites (N-methyl/N-ethyl adjacent to an activating group) is 1. The molecule has 2 unspecified atom stereocenters. The number of nitrogens with one attached hydrogen (secondary N) is 1. The molecular weight excluding hydrogens is 292 g/mol. The number of carbonyl (C=O) groups is 2. The fraction of sp³-hybridized carbons (Fsp3) is 0.429. The fourth-order valence-electron chi connectivity index (χ4n) is 2.37. The summed E-state index contributed by atoms with van der Waals surface area (Å²) >= 11 is 0. The molecule has 1 amide bonds. The molecule has 1 aromatic carbocycles. The summed E-state index contributed by atoms with van der Waals surface area (Å²) < 4.78 is 24.9. The highest BCUT2D eigenvalue weighted by Crippen LogP contribution is 2.31. The molecule has 0 fully saturated rings. The maximum Gasteiger partial charge on any atom is 0.245 e. The van der Waals surface area contributed by atoms with Gasteiger partial charge in [0.05, 0.1) is 22.4 Å². The average molecular weight is 310 g/mol. The van der Waals surface area contributed by atoms with Crippen molar-refractivity contribution in [2.75, 3.05) is 17.7 Å². The Morgan fingerprint density at radius 3 is 2.57 bits per heavy atom. The van der Waals surface area contributed by atoms with E-state index in [0.717, 1.165) is 0 Å². The zero-order valence-electron chi connectivity index (χ0n) is 12.2. The van der Waals surface area contributed by atoms with Crippen LogP contribution in [-0.4, -0.2) is 45.0 Å². The molecule has 0 saturated carbocycles. The van der Waals surface area contributed by atoms with Crippen LogP contribution in [0.2, 0.25) is 0 Å². The summed E-state index contributed by atoms with van der Waals surface area (Å²) in [7, 11) is -2.07. The van der Waals surface area contributed by atoms with Gasteiger partial charge in [0.25, 0.3) is 0 Å². The van der Waals surface area contributed by atoms with E-state index in [4.69, 9.17) is 0 Å². The number of ketones is 1. The van der Waals surface area contributed by atoms with Crippen molar-refractivity contribution < 1.29 is 18.0 Å². The highest BCUT2D eigenvalue weighted by Gasteiger charge is 2.39. The summed E-state index contributed by atoms with van der Waals surface area (Å²) in [6.07, 6.45) is 0. The van der Waals surface area contributed by atoms with Gasteiger partial charge in [0.2, 0.25) is 5.91 Å². The van der Waals surface area contributed by atoms with E-state index in [0.29, 0.717) is 0 Å². The van der Waals surface area contributed by atoms with Gasteiger partial charge in [0, 0.05) is 0 Å². The van der Waals surface area contributed by atoms with E-state index < -0.39 is 27.8 Å². The smallest absolute Gasteiger partial charge is 0.245 e. The molecule has 0 spiro atoms. The van der Waals surface area contributed by atoms with Crippen LogP contribution in [0.3, 0.4) is 0 Å². The topological polar surface area (TPSA) is 83.6 Å². The highest BCUT2D eigenvalue weighted by atomic mass is 32.2. The van der Waals surface area contributed by atoms with Crippen molar-refractivity contribution in [2.24, 2.45) is 0 Å². The van der Waals surface area contributed by atoms with Gasteiger partial charge in [-0.2, -0.15) is 0 Å². The molecule has 1 aliphatic rings. The second-order valence-electron chi connectivity index (χ2n) is 5.09. The number of anilines is 1. The Hall–Kier alpha value is -1.73. The van der Waals surface area contributed by atoms with Crippen LogP contribution in [0, 0.1) is 0 Å². The number of Topliss-reactive ketones (excluding diaryl/α,β-unsaturated/α-hetero) is 1. The number of hydrogen-bond acceptors (Lipinski definition) is 5. The van der Waals surface area contributed by atoms with Gasteiger partial charge in [-0.05, 0) is 33.0 Å². The first kappa shape index (κ1) is 15.7. The number of fused-ring (bicyclic) bond motifs is 1. The Kier molecular flexibility index (Phi) is 4.15. The van der Waals surface area contributed by atoms with Crippen molar-refractivity contribution in [1.82, 2.24) is 5.32 Å². The van der Waals surface area contributed by atoms with Crippen LogP contribution in [0.4, 0.5) is 5.69 Å². The normalized spacial score (nSPS) is 22.3. The Balaban J connectivity index is 2.71. The lowest BCUT2D eigenvalue weighted by molar-refractivity contribution is -0.124. The second-order valence-corrected chi connectivity index (χ2v) is 7.09. The third kappa shape index (κ3) is 2.71. The summed E-state index contributed by atoms with van der Waals surface area (Å²) in [5.41, 5.74) is 0.267. The minimum Gasteiger partial charge on any atom is -0.308 e. The molecule has 1 heterocycles. The van der Waals surface area contributed by atoms with Crippen LogP contribution >= 0.6 is 0 Å². The first-order valence-corrected chi connectivity index (χ1v) is 8.27. The SMILES string of the molecule is CNC1CS(=O)(=O)c2ccccc2N(C(C)C(C)=O)C1=O. The lowest BCUT2D eigenvalue weighted by atomic mass is 10.1. The van der Waals surface area contributed by atoms with Crippen LogP contribution in [0.5, 0.6) is 0 Å². The molecule has 1 aliphatic heterocycles. The molecule has 0 radical (unpaired) electrons. The molecule has 7 heteroatoms. The molecule has 6 nitrogen and oxygen atoms in total. The van der Waals surface area contributed by atoms with Gasteiger partial charge in [-0.15, -0.1) is 0 Å². The van der Waals surface area contributed by atoms with E-state index in [1.54, 1.807) is 25.1 Å². The van der Waals surface area contributed by atoms with Gasteiger partial charge < -0.3 is 5.32 Å². The molecule has 0 bridgehead atoms. The van der Waals surface area contributed by atoms with E-state index in [9.17, 15) is 18.0 Å². The number of nitrogens with zero attached hydrogens (tertiary/aromatic N) is 1. The highest BCUT2D eigenvalue weighted by molar-refractivity contribution is 7.91. The third-order valence-corrected chi connectivity index (χ3v) is 5.49. The van der Waals surface area contributed by atoms with Crippen molar-refractivity contribution in [3.8, 4) is 0 Å². The number of para-hydroxylation sites is 1. The van der Waals surface area contributed by atoms with Gasteiger partial charge in [-0.25, -0.2) is 8.42 Å².